The number of nitrogens with zero attached hydrogens (tertiary/aromatic N) is 5. The topological polar surface area (TPSA) is 94.4 Å². The SMILES string of the molecule is CSc1nc(N2CCOCC2)c2cnn(CCNC(=O)C3(c4ccccc4)CCOCC3)c2n1. The van der Waals surface area contributed by atoms with E-state index in [2.05, 4.69) is 15.3 Å². The molecule has 0 spiro atoms. The Bertz CT molecular complexity index is 1130. The number of nitrogens with one attached hydrogen (secondary N) is 1. The quantitative estimate of drug-likeness (QED) is 0.405. The molecule has 2 aliphatic rings. The minimum atomic E-state index is -0.552. The van der Waals surface area contributed by atoms with Crippen LogP contribution in [0, 0.1) is 0 Å². The number of anilines is 1. The van der Waals surface area contributed by atoms with Gasteiger partial charge in [-0.15, -0.1) is 0 Å². The van der Waals surface area contributed by atoms with Crippen LogP contribution in [0.5, 0.6) is 0 Å². The monoisotopic (exact) mass is 482 g/mol. The molecule has 1 N–H and O–H groups in total. The molecule has 1 aromatic carbocycles. The molecule has 180 valence electrons. The normalized spacial score (nSPS) is 18.2. The highest BCUT2D eigenvalue weighted by Gasteiger charge is 2.41. The van der Waals surface area contributed by atoms with Gasteiger partial charge in [0.15, 0.2) is 10.8 Å². The number of rotatable bonds is 7. The second-order valence-corrected chi connectivity index (χ2v) is 9.33. The van der Waals surface area contributed by atoms with Crippen molar-refractivity contribution in [3.63, 3.8) is 0 Å². The summed E-state index contributed by atoms with van der Waals surface area (Å²) < 4.78 is 12.9. The van der Waals surface area contributed by atoms with Gasteiger partial charge in [-0.3, -0.25) is 4.79 Å². The Morgan fingerprint density at radius 1 is 1.09 bits per heavy atom. The number of aromatic nitrogens is 4. The van der Waals surface area contributed by atoms with E-state index in [0.717, 1.165) is 35.5 Å². The molecule has 2 aliphatic heterocycles. The Labute approximate surface area is 203 Å². The van der Waals surface area contributed by atoms with Gasteiger partial charge in [-0.25, -0.2) is 14.6 Å². The van der Waals surface area contributed by atoms with Crippen LogP contribution in [0.3, 0.4) is 0 Å². The molecular weight excluding hydrogens is 452 g/mol. The van der Waals surface area contributed by atoms with Crippen LogP contribution in [-0.4, -0.2) is 78.0 Å². The maximum atomic E-state index is 13.4. The third kappa shape index (κ3) is 4.49. The second-order valence-electron chi connectivity index (χ2n) is 8.55. The number of hydrogen-bond donors (Lipinski definition) is 1. The molecule has 0 radical (unpaired) electrons. The fourth-order valence-corrected chi connectivity index (χ4v) is 5.12. The summed E-state index contributed by atoms with van der Waals surface area (Å²) in [6.45, 7) is 5.15. The van der Waals surface area contributed by atoms with E-state index in [4.69, 9.17) is 19.4 Å². The van der Waals surface area contributed by atoms with Gasteiger partial charge in [0.2, 0.25) is 5.91 Å². The summed E-state index contributed by atoms with van der Waals surface area (Å²) in [6.07, 6.45) is 5.17. The molecule has 2 aromatic heterocycles. The zero-order valence-corrected chi connectivity index (χ0v) is 20.2. The molecule has 1 amide bonds. The molecule has 3 aromatic rings. The van der Waals surface area contributed by atoms with Gasteiger partial charge in [0.1, 0.15) is 5.82 Å². The third-order valence-corrected chi connectivity index (χ3v) is 7.21. The predicted molar refractivity (Wildman–Crippen MR) is 131 cm³/mol. The van der Waals surface area contributed by atoms with Crippen LogP contribution in [0.25, 0.3) is 11.0 Å². The number of amides is 1. The van der Waals surface area contributed by atoms with Crippen molar-refractivity contribution >= 4 is 34.5 Å². The number of morpholine rings is 1. The molecular formula is C24H30N6O3S. The zero-order chi connectivity index (χ0) is 23.4. The molecule has 0 unspecified atom stereocenters. The first kappa shape index (κ1) is 23.1. The first-order valence-corrected chi connectivity index (χ1v) is 13.0. The molecule has 0 atom stereocenters. The Morgan fingerprint density at radius 2 is 1.82 bits per heavy atom. The Balaban J connectivity index is 1.33. The van der Waals surface area contributed by atoms with Crippen LogP contribution in [0.2, 0.25) is 0 Å². The van der Waals surface area contributed by atoms with Crippen molar-refractivity contribution in [2.45, 2.75) is 30.0 Å². The first-order chi connectivity index (χ1) is 16.7. The van der Waals surface area contributed by atoms with Crippen LogP contribution < -0.4 is 10.2 Å². The molecule has 5 rings (SSSR count). The van der Waals surface area contributed by atoms with Crippen LogP contribution in [0.4, 0.5) is 5.82 Å². The lowest BCUT2D eigenvalue weighted by Crippen LogP contribution is -2.48. The van der Waals surface area contributed by atoms with Crippen LogP contribution in [0.1, 0.15) is 18.4 Å². The molecule has 2 saturated heterocycles. The van der Waals surface area contributed by atoms with E-state index >= 15 is 0 Å². The summed E-state index contributed by atoms with van der Waals surface area (Å²) in [6, 6.07) is 10.0. The molecule has 10 heteroatoms. The number of ether oxygens (including phenoxy) is 2. The number of hydrogen-bond acceptors (Lipinski definition) is 8. The Hall–Kier alpha value is -2.69. The zero-order valence-electron chi connectivity index (χ0n) is 19.4. The summed E-state index contributed by atoms with van der Waals surface area (Å²) in [7, 11) is 0. The number of thioether (sulfide) groups is 1. The number of carbonyl (C=O) groups excluding carboxylic acids is 1. The highest BCUT2D eigenvalue weighted by atomic mass is 32.2. The van der Waals surface area contributed by atoms with Crippen molar-refractivity contribution in [2.75, 3.05) is 57.2 Å². The maximum absolute atomic E-state index is 13.4. The van der Waals surface area contributed by atoms with Gasteiger partial charge >= 0.3 is 0 Å². The lowest BCUT2D eigenvalue weighted by Gasteiger charge is -2.36. The molecule has 0 saturated carbocycles. The number of fused-ring (bicyclic) bond motifs is 1. The van der Waals surface area contributed by atoms with E-state index in [0.29, 0.717) is 57.5 Å². The van der Waals surface area contributed by atoms with Crippen LogP contribution in [-0.2, 0) is 26.2 Å². The maximum Gasteiger partial charge on any atom is 0.230 e. The van der Waals surface area contributed by atoms with Crippen molar-refractivity contribution in [1.29, 1.82) is 0 Å². The summed E-state index contributed by atoms with van der Waals surface area (Å²) >= 11 is 1.52. The number of carbonyl (C=O) groups is 1. The van der Waals surface area contributed by atoms with Gasteiger partial charge in [0, 0.05) is 32.8 Å². The van der Waals surface area contributed by atoms with Gasteiger partial charge in [-0.1, -0.05) is 42.1 Å². The van der Waals surface area contributed by atoms with Gasteiger partial charge in [-0.2, -0.15) is 5.10 Å². The van der Waals surface area contributed by atoms with Gasteiger partial charge in [0.25, 0.3) is 0 Å². The fraction of sp³-hybridized carbons (Fsp3) is 0.500. The van der Waals surface area contributed by atoms with Crippen molar-refractivity contribution in [1.82, 2.24) is 25.1 Å². The smallest absolute Gasteiger partial charge is 0.230 e. The second kappa shape index (κ2) is 10.3. The lowest BCUT2D eigenvalue weighted by molar-refractivity contribution is -0.130. The van der Waals surface area contributed by atoms with Crippen LogP contribution in [0.15, 0.2) is 41.7 Å². The van der Waals surface area contributed by atoms with Crippen molar-refractivity contribution in [3.05, 3.63) is 42.1 Å². The van der Waals surface area contributed by atoms with Gasteiger partial charge in [0.05, 0.1) is 36.8 Å². The highest BCUT2D eigenvalue weighted by molar-refractivity contribution is 7.98. The molecule has 0 aliphatic carbocycles. The first-order valence-electron chi connectivity index (χ1n) is 11.7. The molecule has 0 bridgehead atoms. The van der Waals surface area contributed by atoms with E-state index in [9.17, 15) is 4.79 Å². The van der Waals surface area contributed by atoms with Gasteiger partial charge in [-0.05, 0) is 24.7 Å². The minimum Gasteiger partial charge on any atom is -0.381 e. The highest BCUT2D eigenvalue weighted by Crippen LogP contribution is 2.35. The number of benzene rings is 1. The van der Waals surface area contributed by atoms with E-state index in [1.165, 1.54) is 11.8 Å². The van der Waals surface area contributed by atoms with Crippen molar-refractivity contribution < 1.29 is 14.3 Å². The Kier molecular flexibility index (Phi) is 6.98. The summed E-state index contributed by atoms with van der Waals surface area (Å²) in [5.74, 6) is 0.949. The largest absolute Gasteiger partial charge is 0.381 e. The van der Waals surface area contributed by atoms with Gasteiger partial charge < -0.3 is 19.7 Å². The summed E-state index contributed by atoms with van der Waals surface area (Å²) in [5, 5.41) is 9.40. The molecule has 34 heavy (non-hydrogen) atoms. The average Bonchev–Trinajstić information content (AvgIpc) is 3.32. The summed E-state index contributed by atoms with van der Waals surface area (Å²) in [5.41, 5.74) is 1.29. The average molecular weight is 483 g/mol. The van der Waals surface area contributed by atoms with Crippen molar-refractivity contribution in [3.8, 4) is 0 Å². The van der Waals surface area contributed by atoms with Crippen molar-refractivity contribution in [2.24, 2.45) is 0 Å². The third-order valence-electron chi connectivity index (χ3n) is 6.67. The van der Waals surface area contributed by atoms with Crippen LogP contribution >= 0.6 is 11.8 Å². The molecule has 4 heterocycles. The standard InChI is InChI=1S/C24H30N6O3S/c1-34-23-27-20(29-11-15-33-16-12-29)19-17-26-30(21(19)28-23)10-9-25-22(31)24(7-13-32-14-8-24)18-5-3-2-4-6-18/h2-6,17H,7-16H2,1H3,(H,25,31). The lowest BCUT2D eigenvalue weighted by atomic mass is 9.73. The fourth-order valence-electron chi connectivity index (χ4n) is 4.76. The van der Waals surface area contributed by atoms with E-state index < -0.39 is 5.41 Å². The van der Waals surface area contributed by atoms with E-state index in [-0.39, 0.29) is 5.91 Å². The summed E-state index contributed by atoms with van der Waals surface area (Å²) in [4.78, 5) is 25.1. The van der Waals surface area contributed by atoms with E-state index in [1.807, 2.05) is 47.5 Å². The minimum absolute atomic E-state index is 0.0481. The molecule has 9 nitrogen and oxygen atoms in total. The van der Waals surface area contributed by atoms with E-state index in [1.54, 1.807) is 0 Å². The predicted octanol–water partition coefficient (Wildman–Crippen LogP) is 2.25. The molecule has 2 fully saturated rings. The Morgan fingerprint density at radius 3 is 2.56 bits per heavy atom.